The van der Waals surface area contributed by atoms with Crippen molar-refractivity contribution < 1.29 is 0 Å². The van der Waals surface area contributed by atoms with Crippen molar-refractivity contribution in [3.63, 3.8) is 0 Å². The Kier molecular flexibility index (Phi) is 3.62. The van der Waals surface area contributed by atoms with Gasteiger partial charge in [0.15, 0.2) is 11.6 Å². The molecule has 1 unspecified atom stereocenters. The van der Waals surface area contributed by atoms with Crippen LogP contribution in [0.15, 0.2) is 18.5 Å². The van der Waals surface area contributed by atoms with E-state index in [1.165, 1.54) is 0 Å². The molecule has 0 radical (unpaired) electrons. The molecule has 0 aliphatic heterocycles. The Bertz CT molecular complexity index is 515. The van der Waals surface area contributed by atoms with E-state index in [-0.39, 0.29) is 5.92 Å². The molecule has 0 bridgehead atoms. The summed E-state index contributed by atoms with van der Waals surface area (Å²) in [5, 5.41) is 0. The van der Waals surface area contributed by atoms with Gasteiger partial charge in [-0.3, -0.25) is 0 Å². The quantitative estimate of drug-likeness (QED) is 0.886. The van der Waals surface area contributed by atoms with Crippen LogP contribution in [-0.4, -0.2) is 26.5 Å². The van der Waals surface area contributed by atoms with Crippen LogP contribution in [0, 0.1) is 13.8 Å². The summed E-state index contributed by atoms with van der Waals surface area (Å²) < 4.78 is 0. The maximum absolute atomic E-state index is 5.71. The van der Waals surface area contributed by atoms with Crippen LogP contribution in [0.25, 0.3) is 11.6 Å². The second-order valence-corrected chi connectivity index (χ2v) is 4.34. The molecule has 2 N–H and O–H groups in total. The number of aryl methyl sites for hydroxylation is 2. The number of aromatic nitrogens is 4. The first kappa shape index (κ1) is 12.6. The molecule has 0 aliphatic carbocycles. The van der Waals surface area contributed by atoms with Gasteiger partial charge in [0.05, 0.1) is 0 Å². The molecule has 0 fully saturated rings. The molecule has 1 atom stereocenters. The van der Waals surface area contributed by atoms with Crippen LogP contribution >= 0.6 is 0 Å². The van der Waals surface area contributed by atoms with Gasteiger partial charge in [0, 0.05) is 23.8 Å². The van der Waals surface area contributed by atoms with Gasteiger partial charge in [-0.1, -0.05) is 6.92 Å². The zero-order valence-corrected chi connectivity index (χ0v) is 10.9. The van der Waals surface area contributed by atoms with Crippen molar-refractivity contribution in [3.8, 4) is 11.6 Å². The van der Waals surface area contributed by atoms with Crippen LogP contribution in [0.5, 0.6) is 0 Å². The van der Waals surface area contributed by atoms with Crippen LogP contribution in [0.4, 0.5) is 0 Å². The molecule has 0 amide bonds. The number of hydrogen-bond donors (Lipinski definition) is 1. The van der Waals surface area contributed by atoms with Crippen molar-refractivity contribution in [2.45, 2.75) is 26.7 Å². The van der Waals surface area contributed by atoms with E-state index in [2.05, 4.69) is 26.9 Å². The molecule has 2 aromatic rings. The summed E-state index contributed by atoms with van der Waals surface area (Å²) in [6.07, 6.45) is 3.37. The van der Waals surface area contributed by atoms with Gasteiger partial charge in [-0.15, -0.1) is 0 Å². The topological polar surface area (TPSA) is 77.6 Å². The van der Waals surface area contributed by atoms with E-state index < -0.39 is 0 Å². The van der Waals surface area contributed by atoms with Gasteiger partial charge in [-0.05, 0) is 37.9 Å². The van der Waals surface area contributed by atoms with Gasteiger partial charge in [0.1, 0.15) is 0 Å². The number of nitrogens with zero attached hydrogens (tertiary/aromatic N) is 4. The lowest BCUT2D eigenvalue weighted by atomic mass is 9.98. The van der Waals surface area contributed by atoms with E-state index >= 15 is 0 Å². The normalized spacial score (nSPS) is 12.4. The molecular formula is C13H17N5. The lowest BCUT2D eigenvalue weighted by Gasteiger charge is -2.15. The van der Waals surface area contributed by atoms with Gasteiger partial charge in [0.2, 0.25) is 0 Å². The molecule has 0 saturated heterocycles. The highest BCUT2D eigenvalue weighted by Crippen LogP contribution is 2.22. The van der Waals surface area contributed by atoms with Crippen LogP contribution in [0.1, 0.15) is 29.8 Å². The molecule has 18 heavy (non-hydrogen) atoms. The number of hydrogen-bond acceptors (Lipinski definition) is 5. The number of nitrogens with two attached hydrogens (primary N) is 1. The Hall–Kier alpha value is -1.88. The molecule has 2 rings (SSSR count). The van der Waals surface area contributed by atoms with Crippen molar-refractivity contribution in [2.75, 3.05) is 6.54 Å². The van der Waals surface area contributed by atoms with Crippen LogP contribution < -0.4 is 5.73 Å². The fraction of sp³-hybridized carbons (Fsp3) is 0.385. The summed E-state index contributed by atoms with van der Waals surface area (Å²) in [5.41, 5.74) is 8.73. The zero-order chi connectivity index (χ0) is 13.1. The Morgan fingerprint density at radius 3 is 2.11 bits per heavy atom. The first-order valence-corrected chi connectivity index (χ1v) is 5.96. The minimum absolute atomic E-state index is 0.260. The van der Waals surface area contributed by atoms with E-state index in [0.29, 0.717) is 18.2 Å². The maximum Gasteiger partial charge on any atom is 0.198 e. The molecule has 94 valence electrons. The largest absolute Gasteiger partial charge is 0.330 e. The molecule has 5 nitrogen and oxygen atoms in total. The van der Waals surface area contributed by atoms with Gasteiger partial charge in [-0.25, -0.2) is 19.9 Å². The molecule has 2 aromatic heterocycles. The van der Waals surface area contributed by atoms with Crippen molar-refractivity contribution >= 4 is 0 Å². The standard InChI is InChI=1S/C13H17N5/c1-8(7-14)11-9(2)17-13(18-10(11)3)12-15-5-4-6-16-12/h4-6,8H,7,14H2,1-3H3. The summed E-state index contributed by atoms with van der Waals surface area (Å²) in [4.78, 5) is 17.3. The lowest BCUT2D eigenvalue weighted by Crippen LogP contribution is -2.14. The van der Waals surface area contributed by atoms with Gasteiger partial charge in [0.25, 0.3) is 0 Å². The SMILES string of the molecule is Cc1nc(-c2ncccn2)nc(C)c1C(C)CN. The molecule has 0 spiro atoms. The molecule has 0 aromatic carbocycles. The van der Waals surface area contributed by atoms with Gasteiger partial charge in [-0.2, -0.15) is 0 Å². The predicted molar refractivity (Wildman–Crippen MR) is 70.0 cm³/mol. The highest BCUT2D eigenvalue weighted by atomic mass is 15.0. The van der Waals surface area contributed by atoms with Crippen molar-refractivity contribution in [1.29, 1.82) is 0 Å². The smallest absolute Gasteiger partial charge is 0.198 e. The summed E-state index contributed by atoms with van der Waals surface area (Å²) in [6.45, 7) is 6.62. The molecule has 0 aliphatic rings. The van der Waals surface area contributed by atoms with Crippen LogP contribution in [0.2, 0.25) is 0 Å². The van der Waals surface area contributed by atoms with Crippen molar-refractivity contribution in [2.24, 2.45) is 5.73 Å². The number of rotatable bonds is 3. The van der Waals surface area contributed by atoms with E-state index in [9.17, 15) is 0 Å². The van der Waals surface area contributed by atoms with E-state index in [1.807, 2.05) is 13.8 Å². The van der Waals surface area contributed by atoms with Crippen molar-refractivity contribution in [1.82, 2.24) is 19.9 Å². The third-order valence-electron chi connectivity index (χ3n) is 2.94. The maximum atomic E-state index is 5.71. The van der Waals surface area contributed by atoms with E-state index in [1.54, 1.807) is 18.5 Å². The second-order valence-electron chi connectivity index (χ2n) is 4.34. The highest BCUT2D eigenvalue weighted by molar-refractivity contribution is 5.45. The summed E-state index contributed by atoms with van der Waals surface area (Å²) in [6, 6.07) is 1.77. The van der Waals surface area contributed by atoms with Crippen molar-refractivity contribution in [3.05, 3.63) is 35.4 Å². The monoisotopic (exact) mass is 243 g/mol. The lowest BCUT2D eigenvalue weighted by molar-refractivity contribution is 0.743. The van der Waals surface area contributed by atoms with Gasteiger partial charge < -0.3 is 5.73 Å². The van der Waals surface area contributed by atoms with E-state index in [0.717, 1.165) is 17.0 Å². The minimum atomic E-state index is 0.260. The van der Waals surface area contributed by atoms with Crippen LogP contribution in [0.3, 0.4) is 0 Å². The average molecular weight is 243 g/mol. The molecular weight excluding hydrogens is 226 g/mol. The first-order valence-electron chi connectivity index (χ1n) is 5.96. The average Bonchev–Trinajstić information content (AvgIpc) is 2.38. The highest BCUT2D eigenvalue weighted by Gasteiger charge is 2.15. The third kappa shape index (κ3) is 2.36. The minimum Gasteiger partial charge on any atom is -0.330 e. The van der Waals surface area contributed by atoms with E-state index in [4.69, 9.17) is 5.73 Å². The first-order chi connectivity index (χ1) is 8.63. The van der Waals surface area contributed by atoms with Crippen LogP contribution in [-0.2, 0) is 0 Å². The predicted octanol–water partition coefficient (Wildman–Crippen LogP) is 1.61. The molecule has 2 heterocycles. The molecule has 0 saturated carbocycles. The zero-order valence-electron chi connectivity index (χ0n) is 10.9. The Morgan fingerprint density at radius 1 is 1.06 bits per heavy atom. The summed E-state index contributed by atoms with van der Waals surface area (Å²) in [5.74, 6) is 1.38. The Labute approximate surface area is 107 Å². The van der Waals surface area contributed by atoms with Gasteiger partial charge >= 0.3 is 0 Å². The Balaban J connectivity index is 2.49. The Morgan fingerprint density at radius 2 is 1.61 bits per heavy atom. The summed E-state index contributed by atoms with van der Waals surface area (Å²) >= 11 is 0. The summed E-state index contributed by atoms with van der Waals surface area (Å²) in [7, 11) is 0. The second kappa shape index (κ2) is 5.18. The fourth-order valence-electron chi connectivity index (χ4n) is 2.07. The molecule has 5 heteroatoms. The third-order valence-corrected chi connectivity index (χ3v) is 2.94. The fourth-order valence-corrected chi connectivity index (χ4v) is 2.07.